The highest BCUT2D eigenvalue weighted by Crippen LogP contribution is 2.18. The fourth-order valence-corrected chi connectivity index (χ4v) is 3.56. The first kappa shape index (κ1) is 26.2. The Hall–Kier alpha value is -0.830. The zero-order valence-corrected chi connectivity index (χ0v) is 19.0. The van der Waals surface area contributed by atoms with Crippen molar-refractivity contribution in [1.82, 2.24) is 0 Å². The number of unbranched alkanes of at least 4 members (excludes halogenated alkanes) is 4. The summed E-state index contributed by atoms with van der Waals surface area (Å²) in [6, 6.07) is 8.37. The van der Waals surface area contributed by atoms with Crippen LogP contribution in [0.2, 0.25) is 0 Å². The van der Waals surface area contributed by atoms with E-state index in [-0.39, 0.29) is 0 Å². The molecule has 1 unspecified atom stereocenters. The van der Waals surface area contributed by atoms with Gasteiger partial charge in [0, 0.05) is 0 Å². The van der Waals surface area contributed by atoms with Crippen molar-refractivity contribution in [2.75, 3.05) is 26.2 Å². The van der Waals surface area contributed by atoms with Gasteiger partial charge in [0.15, 0.2) is 8.25 Å². The number of nitrogens with zero attached hydrogens (tertiary/aromatic N) is 1. The number of hydrogen-bond acceptors (Lipinski definition) is 3. The lowest BCUT2D eigenvalue weighted by atomic mass is 10.1. The van der Waals surface area contributed by atoms with Crippen LogP contribution < -0.4 is 9.42 Å². The maximum atomic E-state index is 10.0. The fourth-order valence-electron chi connectivity index (χ4n) is 3.23. The van der Waals surface area contributed by atoms with E-state index in [9.17, 15) is 9.46 Å². The number of hydrogen-bond donors (Lipinski definition) is 0. The molecule has 0 spiro atoms. The average molecular weight is 400 g/mol. The summed E-state index contributed by atoms with van der Waals surface area (Å²) in [7, 11) is -3.09. The van der Waals surface area contributed by atoms with Crippen molar-refractivity contribution in [1.29, 1.82) is 0 Å². The van der Waals surface area contributed by atoms with Crippen LogP contribution in [-0.2, 0) is 4.57 Å². The molecular formula is C22H42NO3P. The van der Waals surface area contributed by atoms with Crippen LogP contribution in [-0.4, -0.2) is 30.7 Å². The van der Waals surface area contributed by atoms with Gasteiger partial charge in [-0.3, -0.25) is 4.57 Å². The molecule has 0 aliphatic carbocycles. The molecule has 0 aromatic heterocycles. The zero-order valence-electron chi connectivity index (χ0n) is 18.0. The Labute approximate surface area is 168 Å². The Bertz CT molecular complexity index is 430. The third-order valence-corrected chi connectivity index (χ3v) is 5.29. The van der Waals surface area contributed by atoms with Gasteiger partial charge in [0.2, 0.25) is 0 Å². The smallest absolute Gasteiger partial charge is 0.172 e. The van der Waals surface area contributed by atoms with Gasteiger partial charge < -0.3 is 13.9 Å². The van der Waals surface area contributed by atoms with Crippen LogP contribution in [0.25, 0.3) is 0 Å². The van der Waals surface area contributed by atoms with E-state index in [0.29, 0.717) is 5.75 Å². The minimum Gasteiger partial charge on any atom is -0.771 e. The van der Waals surface area contributed by atoms with Crippen molar-refractivity contribution in [2.24, 2.45) is 0 Å². The Morgan fingerprint density at radius 1 is 0.778 bits per heavy atom. The zero-order chi connectivity index (χ0) is 20.4. The lowest BCUT2D eigenvalue weighted by Crippen LogP contribution is -2.50. The number of rotatable bonds is 14. The van der Waals surface area contributed by atoms with Crippen LogP contribution in [0.5, 0.6) is 5.75 Å². The summed E-state index contributed by atoms with van der Waals surface area (Å²) in [5, 5.41) is 0. The van der Waals surface area contributed by atoms with Crippen molar-refractivity contribution >= 4 is 8.25 Å². The Morgan fingerprint density at radius 3 is 1.44 bits per heavy atom. The second-order valence-electron chi connectivity index (χ2n) is 7.32. The van der Waals surface area contributed by atoms with E-state index in [1.165, 1.54) is 82.0 Å². The highest BCUT2D eigenvalue weighted by molar-refractivity contribution is 7.31. The van der Waals surface area contributed by atoms with E-state index in [0.717, 1.165) is 0 Å². The van der Waals surface area contributed by atoms with Gasteiger partial charge in [-0.05, 0) is 37.8 Å². The number of quaternary nitrogens is 1. The molecule has 0 radical (unpaired) electrons. The number of benzene rings is 1. The lowest BCUT2D eigenvalue weighted by Gasteiger charge is -2.39. The van der Waals surface area contributed by atoms with Gasteiger partial charge in [-0.15, -0.1) is 0 Å². The fraction of sp³-hybridized carbons (Fsp3) is 0.727. The van der Waals surface area contributed by atoms with Crippen LogP contribution in [0, 0.1) is 0 Å². The third-order valence-electron chi connectivity index (χ3n) is 4.89. The molecule has 0 aliphatic heterocycles. The van der Waals surface area contributed by atoms with Crippen LogP contribution in [0.3, 0.4) is 0 Å². The van der Waals surface area contributed by atoms with Crippen LogP contribution in [0.15, 0.2) is 30.3 Å². The Morgan fingerprint density at radius 2 is 1.15 bits per heavy atom. The maximum Gasteiger partial charge on any atom is 0.172 e. The van der Waals surface area contributed by atoms with E-state index in [4.69, 9.17) is 0 Å². The third kappa shape index (κ3) is 13.9. The molecule has 0 heterocycles. The van der Waals surface area contributed by atoms with Crippen molar-refractivity contribution in [3.8, 4) is 5.75 Å². The first-order chi connectivity index (χ1) is 13.0. The largest absolute Gasteiger partial charge is 0.771 e. The molecule has 5 heteroatoms. The van der Waals surface area contributed by atoms with E-state index in [1.54, 1.807) is 30.3 Å². The maximum absolute atomic E-state index is 10.0. The van der Waals surface area contributed by atoms with Crippen molar-refractivity contribution < 1.29 is 18.5 Å². The minimum atomic E-state index is -3.09. The van der Waals surface area contributed by atoms with E-state index >= 15 is 0 Å². The van der Waals surface area contributed by atoms with E-state index < -0.39 is 8.25 Å². The normalized spacial score (nSPS) is 12.2. The van der Waals surface area contributed by atoms with Crippen molar-refractivity contribution in [3.05, 3.63) is 30.3 Å². The highest BCUT2D eigenvalue weighted by atomic mass is 31.1. The summed E-state index contributed by atoms with van der Waals surface area (Å²) in [6.07, 6.45) is 11.1. The van der Waals surface area contributed by atoms with Crippen molar-refractivity contribution in [3.63, 3.8) is 0 Å². The molecule has 0 fully saturated rings. The standard InChI is InChI=1S/C16H36N.C6H7O3P/c1-5-9-13-17(14-10-6-2,15-11-7-3)16-12-8-4;7-10(8)9-6-4-2-1-3-5-6/h5-16H2,1-4H3;1-5,10H,(H,7,8)/q+1;/p-1. The summed E-state index contributed by atoms with van der Waals surface area (Å²) >= 11 is 0. The summed E-state index contributed by atoms with van der Waals surface area (Å²) in [6.45, 7) is 15.0. The first-order valence-corrected chi connectivity index (χ1v) is 12.0. The molecule has 0 N–H and O–H groups in total. The van der Waals surface area contributed by atoms with Crippen molar-refractivity contribution in [2.45, 2.75) is 79.1 Å². The van der Waals surface area contributed by atoms with Crippen LogP contribution in [0.1, 0.15) is 79.1 Å². The van der Waals surface area contributed by atoms with Gasteiger partial charge in [0.1, 0.15) is 5.75 Å². The SMILES string of the molecule is CCCC[N+](CCCC)(CCCC)CCCC.O=[PH]([O-])Oc1ccccc1. The quantitative estimate of drug-likeness (QED) is 0.293. The predicted molar refractivity (Wildman–Crippen MR) is 115 cm³/mol. The molecule has 1 aromatic carbocycles. The molecule has 0 bridgehead atoms. The Balaban J connectivity index is 0.000000569. The highest BCUT2D eigenvalue weighted by Gasteiger charge is 2.24. The molecule has 0 saturated carbocycles. The van der Waals surface area contributed by atoms with Gasteiger partial charge in [0.05, 0.1) is 26.2 Å². The Kier molecular flexibility index (Phi) is 16.7. The van der Waals surface area contributed by atoms with Gasteiger partial charge in [-0.2, -0.15) is 0 Å². The molecule has 0 saturated heterocycles. The van der Waals surface area contributed by atoms with Crippen LogP contribution >= 0.6 is 8.25 Å². The van der Waals surface area contributed by atoms with E-state index in [2.05, 4.69) is 32.2 Å². The monoisotopic (exact) mass is 399 g/mol. The van der Waals surface area contributed by atoms with Gasteiger partial charge in [-0.1, -0.05) is 71.6 Å². The molecular weight excluding hydrogens is 357 g/mol. The van der Waals surface area contributed by atoms with E-state index in [1.807, 2.05) is 0 Å². The molecule has 1 rings (SSSR count). The van der Waals surface area contributed by atoms with Gasteiger partial charge >= 0.3 is 0 Å². The molecule has 4 nitrogen and oxygen atoms in total. The second kappa shape index (κ2) is 17.3. The first-order valence-electron chi connectivity index (χ1n) is 10.8. The molecule has 1 aromatic rings. The molecule has 1 atom stereocenters. The predicted octanol–water partition coefficient (Wildman–Crippen LogP) is 5.82. The molecule has 27 heavy (non-hydrogen) atoms. The van der Waals surface area contributed by atoms with Gasteiger partial charge in [0.25, 0.3) is 0 Å². The summed E-state index contributed by atoms with van der Waals surface area (Å²) < 4.78 is 15.8. The minimum absolute atomic E-state index is 0.362. The topological polar surface area (TPSA) is 49.4 Å². The van der Waals surface area contributed by atoms with Crippen LogP contribution in [0.4, 0.5) is 0 Å². The second-order valence-corrected chi connectivity index (χ2v) is 8.02. The van der Waals surface area contributed by atoms with Gasteiger partial charge in [-0.25, -0.2) is 0 Å². The molecule has 158 valence electrons. The molecule has 0 aliphatic rings. The summed E-state index contributed by atoms with van der Waals surface area (Å²) in [4.78, 5) is 10.0. The molecule has 0 amide bonds. The summed E-state index contributed by atoms with van der Waals surface area (Å²) in [5.41, 5.74) is 0. The lowest BCUT2D eigenvalue weighted by molar-refractivity contribution is -0.929. The average Bonchev–Trinajstić information content (AvgIpc) is 2.68. The number of para-hydroxylation sites is 1. The summed E-state index contributed by atoms with van der Waals surface area (Å²) in [5.74, 6) is 0.362.